The van der Waals surface area contributed by atoms with E-state index in [1.807, 2.05) is 0 Å². The zero-order chi connectivity index (χ0) is 22.2. The highest BCUT2D eigenvalue weighted by atomic mass is 19.1. The number of benzene rings is 1. The first-order chi connectivity index (χ1) is 15.5. The predicted octanol–water partition coefficient (Wildman–Crippen LogP) is 0.290. The number of fused-ring (bicyclic) bond motifs is 2. The van der Waals surface area contributed by atoms with Gasteiger partial charge in [-0.15, -0.1) is 0 Å². The lowest BCUT2D eigenvalue weighted by molar-refractivity contribution is -0.162. The predicted molar refractivity (Wildman–Crippen MR) is 110 cm³/mol. The van der Waals surface area contributed by atoms with Crippen molar-refractivity contribution in [2.24, 2.45) is 0 Å². The van der Waals surface area contributed by atoms with E-state index < -0.39 is 12.1 Å². The zero-order valence-electron chi connectivity index (χ0n) is 17.8. The second-order valence-corrected chi connectivity index (χ2v) is 8.68. The van der Waals surface area contributed by atoms with Gasteiger partial charge in [-0.3, -0.25) is 9.59 Å². The van der Waals surface area contributed by atoms with E-state index in [4.69, 9.17) is 9.47 Å². The summed E-state index contributed by atoms with van der Waals surface area (Å²) in [4.78, 5) is 45.9. The molecule has 4 heterocycles. The fraction of sp³-hybridized carbons (Fsp3) is 0.591. The molecular weight excluding hydrogens is 419 g/mol. The summed E-state index contributed by atoms with van der Waals surface area (Å²) >= 11 is 0. The van der Waals surface area contributed by atoms with Crippen molar-refractivity contribution in [1.29, 1.82) is 0 Å². The van der Waals surface area contributed by atoms with Crippen molar-refractivity contribution in [3.8, 4) is 0 Å². The third-order valence-electron chi connectivity index (χ3n) is 6.73. The van der Waals surface area contributed by atoms with Gasteiger partial charge in [0, 0.05) is 39.1 Å². The smallest absolute Gasteiger partial charge is 0.320 e. The first kappa shape index (κ1) is 21.1. The van der Waals surface area contributed by atoms with Crippen LogP contribution in [0.2, 0.25) is 0 Å². The average molecular weight is 446 g/mol. The number of amides is 4. The Kier molecular flexibility index (Phi) is 5.73. The number of nitrogens with zero attached hydrogens (tertiary/aromatic N) is 4. The van der Waals surface area contributed by atoms with E-state index in [9.17, 15) is 18.8 Å². The summed E-state index contributed by atoms with van der Waals surface area (Å²) in [6, 6.07) is 4.82. The summed E-state index contributed by atoms with van der Waals surface area (Å²) in [5.41, 5.74) is 0.837. The summed E-state index contributed by atoms with van der Waals surface area (Å²) in [6.07, 6.45) is 0.191. The molecule has 0 aliphatic carbocycles. The highest BCUT2D eigenvalue weighted by molar-refractivity contribution is 5.98. The summed E-state index contributed by atoms with van der Waals surface area (Å²) in [5, 5.41) is 0. The number of piperazine rings is 2. The van der Waals surface area contributed by atoms with Crippen molar-refractivity contribution < 1.29 is 28.2 Å². The molecule has 4 saturated heterocycles. The minimum absolute atomic E-state index is 0.0686. The molecule has 0 N–H and O–H groups in total. The highest BCUT2D eigenvalue weighted by Gasteiger charge is 2.52. The zero-order valence-corrected chi connectivity index (χ0v) is 17.8. The van der Waals surface area contributed by atoms with Crippen LogP contribution in [-0.2, 0) is 25.7 Å². The van der Waals surface area contributed by atoms with E-state index in [0.717, 1.165) is 5.56 Å². The van der Waals surface area contributed by atoms with Crippen molar-refractivity contribution in [1.82, 2.24) is 19.6 Å². The van der Waals surface area contributed by atoms with Gasteiger partial charge in [0.05, 0.1) is 32.5 Å². The van der Waals surface area contributed by atoms with Crippen LogP contribution < -0.4 is 0 Å². The number of morpholine rings is 1. The maximum absolute atomic E-state index is 13.3. The molecule has 10 heteroatoms. The highest BCUT2D eigenvalue weighted by Crippen LogP contribution is 2.31. The number of hydrogen-bond donors (Lipinski definition) is 0. The van der Waals surface area contributed by atoms with Crippen LogP contribution in [0.4, 0.5) is 9.18 Å². The molecular formula is C22H27FN4O5. The Hall–Kier alpha value is -2.72. The van der Waals surface area contributed by atoms with Crippen molar-refractivity contribution in [3.05, 3.63) is 35.6 Å². The topological polar surface area (TPSA) is 82.6 Å². The average Bonchev–Trinajstić information content (AvgIpc) is 3.27. The maximum Gasteiger partial charge on any atom is 0.320 e. The fourth-order valence-corrected chi connectivity index (χ4v) is 4.96. The third kappa shape index (κ3) is 3.93. The van der Waals surface area contributed by atoms with Gasteiger partial charge in [0.2, 0.25) is 11.8 Å². The molecule has 0 unspecified atom stereocenters. The minimum atomic E-state index is -0.645. The van der Waals surface area contributed by atoms with Crippen LogP contribution in [0.3, 0.4) is 0 Å². The molecule has 172 valence electrons. The lowest BCUT2D eigenvalue weighted by Gasteiger charge is -2.48. The van der Waals surface area contributed by atoms with Crippen molar-refractivity contribution in [2.75, 3.05) is 52.5 Å². The summed E-state index contributed by atoms with van der Waals surface area (Å²) < 4.78 is 24.3. The lowest BCUT2D eigenvalue weighted by atomic mass is 10.0. The molecule has 1 aromatic carbocycles. The molecule has 4 aliphatic heterocycles. The van der Waals surface area contributed by atoms with Gasteiger partial charge in [0.15, 0.2) is 0 Å². The Morgan fingerprint density at radius 3 is 2.41 bits per heavy atom. The van der Waals surface area contributed by atoms with Gasteiger partial charge in [0.25, 0.3) is 0 Å². The molecule has 4 fully saturated rings. The molecule has 4 aliphatic rings. The number of halogens is 1. The Balaban J connectivity index is 1.22. The fourth-order valence-electron chi connectivity index (χ4n) is 4.96. The molecule has 0 radical (unpaired) electrons. The number of rotatable bonds is 3. The normalized spacial score (nSPS) is 28.1. The van der Waals surface area contributed by atoms with Gasteiger partial charge in [-0.2, -0.15) is 0 Å². The molecule has 0 aromatic heterocycles. The Morgan fingerprint density at radius 1 is 0.938 bits per heavy atom. The second kappa shape index (κ2) is 8.67. The molecule has 5 rings (SSSR count). The van der Waals surface area contributed by atoms with Crippen LogP contribution in [-0.4, -0.2) is 108 Å². The quantitative estimate of drug-likeness (QED) is 0.667. The Labute approximate surface area is 185 Å². The van der Waals surface area contributed by atoms with Crippen LogP contribution in [0.5, 0.6) is 0 Å². The Morgan fingerprint density at radius 2 is 1.66 bits per heavy atom. The molecule has 0 spiro atoms. The molecule has 32 heavy (non-hydrogen) atoms. The monoisotopic (exact) mass is 446 g/mol. The van der Waals surface area contributed by atoms with E-state index in [1.165, 1.54) is 12.1 Å². The van der Waals surface area contributed by atoms with Gasteiger partial charge in [-0.05, 0) is 17.7 Å². The SMILES string of the molecule is O=C(N1CCOCC1)N1CCN2C(=O)[C@@H]3C[C@@H](OCc4ccc(F)cc4)CN3C(=O)[C@H]2C1. The van der Waals surface area contributed by atoms with E-state index >= 15 is 0 Å². The van der Waals surface area contributed by atoms with Crippen molar-refractivity contribution >= 4 is 17.8 Å². The first-order valence-corrected chi connectivity index (χ1v) is 11.1. The summed E-state index contributed by atoms with van der Waals surface area (Å²) in [6.45, 7) is 3.74. The minimum Gasteiger partial charge on any atom is -0.378 e. The van der Waals surface area contributed by atoms with Crippen molar-refractivity contribution in [2.45, 2.75) is 31.2 Å². The number of urea groups is 1. The molecule has 3 atom stereocenters. The van der Waals surface area contributed by atoms with Crippen LogP contribution in [0.1, 0.15) is 12.0 Å². The first-order valence-electron chi connectivity index (χ1n) is 11.1. The van der Waals surface area contributed by atoms with Crippen LogP contribution in [0, 0.1) is 5.82 Å². The molecule has 4 amide bonds. The van der Waals surface area contributed by atoms with Gasteiger partial charge < -0.3 is 29.1 Å². The second-order valence-electron chi connectivity index (χ2n) is 8.68. The van der Waals surface area contributed by atoms with E-state index in [-0.39, 0.29) is 36.3 Å². The molecule has 1 aromatic rings. The van der Waals surface area contributed by atoms with Crippen molar-refractivity contribution in [3.63, 3.8) is 0 Å². The Bertz CT molecular complexity index is 891. The largest absolute Gasteiger partial charge is 0.378 e. The van der Waals surface area contributed by atoms with Crippen LogP contribution in [0.25, 0.3) is 0 Å². The van der Waals surface area contributed by atoms with Crippen LogP contribution >= 0.6 is 0 Å². The number of carbonyl (C=O) groups is 3. The van der Waals surface area contributed by atoms with Gasteiger partial charge >= 0.3 is 6.03 Å². The van der Waals surface area contributed by atoms with E-state index in [2.05, 4.69) is 0 Å². The molecule has 0 saturated carbocycles. The lowest BCUT2D eigenvalue weighted by Crippen LogP contribution is -2.70. The summed E-state index contributed by atoms with van der Waals surface area (Å²) in [7, 11) is 0. The molecule has 9 nitrogen and oxygen atoms in total. The van der Waals surface area contributed by atoms with Gasteiger partial charge in [0.1, 0.15) is 17.9 Å². The standard InChI is InChI=1S/C22H27FN4O5/c23-16-3-1-15(2-4-16)14-32-17-11-18-20(28)26-6-5-25(13-19(26)21(29)27(18)12-17)22(30)24-7-9-31-10-8-24/h1-4,17-19H,5-14H2/t17-,18+,19-/m1/s1. The number of hydrogen-bond acceptors (Lipinski definition) is 5. The maximum atomic E-state index is 13.3. The van der Waals surface area contributed by atoms with E-state index in [1.54, 1.807) is 31.7 Å². The van der Waals surface area contributed by atoms with Gasteiger partial charge in [-0.1, -0.05) is 12.1 Å². The van der Waals surface area contributed by atoms with Crippen LogP contribution in [0.15, 0.2) is 24.3 Å². The molecule has 0 bridgehead atoms. The van der Waals surface area contributed by atoms with E-state index in [0.29, 0.717) is 59.0 Å². The summed E-state index contributed by atoms with van der Waals surface area (Å²) in [5.74, 6) is -0.497. The number of ether oxygens (including phenoxy) is 2. The third-order valence-corrected chi connectivity index (χ3v) is 6.73. The number of carbonyl (C=O) groups excluding carboxylic acids is 3. The van der Waals surface area contributed by atoms with Gasteiger partial charge in [-0.25, -0.2) is 9.18 Å².